The van der Waals surface area contributed by atoms with Gasteiger partial charge < -0.3 is 25.6 Å². The molecule has 2 saturated carbocycles. The Labute approximate surface area is 301 Å². The lowest BCUT2D eigenvalue weighted by atomic mass is 9.85. The van der Waals surface area contributed by atoms with E-state index in [1.807, 2.05) is 18.2 Å². The van der Waals surface area contributed by atoms with Crippen molar-refractivity contribution in [3.05, 3.63) is 48.0 Å². The van der Waals surface area contributed by atoms with E-state index in [2.05, 4.69) is 33.3 Å². The summed E-state index contributed by atoms with van der Waals surface area (Å²) in [5, 5.41) is 7.86. The van der Waals surface area contributed by atoms with Crippen LogP contribution in [-0.4, -0.2) is 85.1 Å². The lowest BCUT2D eigenvalue weighted by molar-refractivity contribution is -0.142. The van der Waals surface area contributed by atoms with Crippen LogP contribution in [0, 0.1) is 11.3 Å². The number of sulfonamides is 1. The standard InChI is InChI=1S/C37H53N5O8S/c1-5-26-22-37(26,34(46)41-51(48,49)28-17-18-28)40-32(44)29-21-27-23-42(29)33(45)31(36(2,3)4)39-35(47)50-20-12-8-6-7-9-13-24-14-10-11-15-25(24)16-19-30(43)38-27/h5,10-11,14-15,26-29,31H,1,6-9,12-13,16-23H2,2-4H3,(H,38,43)(H,39,47)(H,40,44)(H,41,46)/t26-,27-,29+,31-,37-/m1/s1. The summed E-state index contributed by atoms with van der Waals surface area (Å²) < 4.78 is 32.9. The smallest absolute Gasteiger partial charge is 0.407 e. The Hall–Kier alpha value is -3.94. The lowest BCUT2D eigenvalue weighted by Gasteiger charge is -2.35. The van der Waals surface area contributed by atoms with Gasteiger partial charge >= 0.3 is 6.09 Å². The second-order valence-corrected chi connectivity index (χ2v) is 17.5. The highest BCUT2D eigenvalue weighted by molar-refractivity contribution is 7.91. The topological polar surface area (TPSA) is 180 Å². The molecule has 4 aliphatic rings. The fourth-order valence-electron chi connectivity index (χ4n) is 7.13. The third-order valence-corrected chi connectivity index (χ3v) is 12.3. The average Bonchev–Trinajstić information content (AvgIpc) is 4.00. The molecule has 1 aromatic carbocycles. The van der Waals surface area contributed by atoms with Crippen LogP contribution in [0.15, 0.2) is 36.9 Å². The Morgan fingerprint density at radius 3 is 2.29 bits per heavy atom. The van der Waals surface area contributed by atoms with Crippen LogP contribution in [0.5, 0.6) is 0 Å². The van der Waals surface area contributed by atoms with Crippen LogP contribution >= 0.6 is 0 Å². The van der Waals surface area contributed by atoms with Crippen LogP contribution in [0.4, 0.5) is 4.79 Å². The summed E-state index contributed by atoms with van der Waals surface area (Å²) in [6, 6.07) is 5.30. The van der Waals surface area contributed by atoms with Crippen LogP contribution in [0.25, 0.3) is 0 Å². The Morgan fingerprint density at radius 2 is 1.65 bits per heavy atom. The van der Waals surface area contributed by atoms with Crippen molar-refractivity contribution in [1.29, 1.82) is 0 Å². The second kappa shape index (κ2) is 15.7. The Morgan fingerprint density at radius 1 is 0.980 bits per heavy atom. The number of aryl methyl sites for hydroxylation is 2. The summed E-state index contributed by atoms with van der Waals surface area (Å²) in [6.45, 7) is 9.31. The molecule has 51 heavy (non-hydrogen) atoms. The minimum absolute atomic E-state index is 0.0112. The molecule has 1 saturated heterocycles. The molecule has 5 rings (SSSR count). The van der Waals surface area contributed by atoms with Crippen molar-refractivity contribution in [1.82, 2.24) is 25.6 Å². The fourth-order valence-corrected chi connectivity index (χ4v) is 8.50. The summed E-state index contributed by atoms with van der Waals surface area (Å²) in [4.78, 5) is 69.4. The van der Waals surface area contributed by atoms with Crippen molar-refractivity contribution >= 4 is 39.7 Å². The van der Waals surface area contributed by atoms with Gasteiger partial charge in [-0.1, -0.05) is 70.4 Å². The van der Waals surface area contributed by atoms with E-state index in [-0.39, 0.29) is 38.3 Å². The Balaban J connectivity index is 1.38. The number of amides is 5. The van der Waals surface area contributed by atoms with Crippen molar-refractivity contribution < 1.29 is 37.1 Å². The number of ether oxygens (including phenoxy) is 1. The monoisotopic (exact) mass is 727 g/mol. The largest absolute Gasteiger partial charge is 0.450 e. The quantitative estimate of drug-likeness (QED) is 0.323. The number of hydrogen-bond acceptors (Lipinski definition) is 8. The van der Waals surface area contributed by atoms with Gasteiger partial charge in [0.15, 0.2) is 0 Å². The van der Waals surface area contributed by atoms with E-state index >= 15 is 0 Å². The molecule has 5 amide bonds. The van der Waals surface area contributed by atoms with E-state index < -0.39 is 74.1 Å². The number of benzene rings is 1. The highest BCUT2D eigenvalue weighted by Gasteiger charge is 2.62. The first-order valence-electron chi connectivity index (χ1n) is 18.2. The average molecular weight is 728 g/mol. The minimum atomic E-state index is -3.89. The number of nitrogens with one attached hydrogen (secondary N) is 4. The molecule has 2 aliphatic carbocycles. The number of fused-ring (bicyclic) bond motifs is 3. The van der Waals surface area contributed by atoms with Crippen LogP contribution in [0.2, 0.25) is 0 Å². The van der Waals surface area contributed by atoms with Gasteiger partial charge in [-0.15, -0.1) is 6.58 Å². The van der Waals surface area contributed by atoms with E-state index in [9.17, 15) is 32.4 Å². The van der Waals surface area contributed by atoms with Crippen LogP contribution < -0.4 is 20.7 Å². The van der Waals surface area contributed by atoms with E-state index in [1.165, 1.54) is 16.5 Å². The molecule has 2 aliphatic heterocycles. The van der Waals surface area contributed by atoms with Crippen molar-refractivity contribution in [2.45, 2.75) is 127 Å². The summed E-state index contributed by atoms with van der Waals surface area (Å²) in [7, 11) is -3.89. The molecule has 280 valence electrons. The number of nitrogens with zero attached hydrogens (tertiary/aromatic N) is 1. The highest BCUT2D eigenvalue weighted by atomic mass is 32.2. The second-order valence-electron chi connectivity index (χ2n) is 15.6. The van der Waals surface area contributed by atoms with Gasteiger partial charge in [-0.05, 0) is 67.9 Å². The van der Waals surface area contributed by atoms with Crippen LogP contribution in [0.1, 0.15) is 96.1 Å². The normalized spacial score (nSPS) is 28.5. The highest BCUT2D eigenvalue weighted by Crippen LogP contribution is 2.45. The minimum Gasteiger partial charge on any atom is -0.450 e. The maximum atomic E-state index is 14.3. The van der Waals surface area contributed by atoms with E-state index in [0.717, 1.165) is 37.7 Å². The number of carbonyl (C=O) groups excluding carboxylic acids is 5. The predicted molar refractivity (Wildman–Crippen MR) is 191 cm³/mol. The number of alkyl carbamates (subject to hydrolysis) is 1. The first-order chi connectivity index (χ1) is 24.1. The molecule has 0 aromatic heterocycles. The third-order valence-electron chi connectivity index (χ3n) is 10.4. The number of carbonyl (C=O) groups is 5. The Bertz CT molecular complexity index is 1620. The van der Waals surface area contributed by atoms with Gasteiger partial charge in [-0.3, -0.25) is 23.9 Å². The first kappa shape index (κ1) is 38.3. The van der Waals surface area contributed by atoms with Gasteiger partial charge in [0.1, 0.15) is 17.6 Å². The maximum Gasteiger partial charge on any atom is 0.407 e. The summed E-state index contributed by atoms with van der Waals surface area (Å²) in [6.07, 6.45) is 8.15. The number of hydrogen-bond donors (Lipinski definition) is 4. The van der Waals surface area contributed by atoms with Crippen molar-refractivity contribution in [3.63, 3.8) is 0 Å². The number of rotatable bonds is 6. The predicted octanol–water partition coefficient (Wildman–Crippen LogP) is 3.02. The van der Waals surface area contributed by atoms with Gasteiger partial charge in [0.25, 0.3) is 5.91 Å². The molecule has 5 atom stereocenters. The zero-order valence-electron chi connectivity index (χ0n) is 30.0. The SMILES string of the molecule is C=C[C@@H]1C[C@]1(NC(=O)[C@@H]1C[C@@H]2CN1C(=O)[C@H](C(C)(C)C)NC(=O)OCCCCCCCc1ccccc1CCC(=O)N2)C(=O)NS(=O)(=O)C1CC1. The van der Waals surface area contributed by atoms with E-state index in [1.54, 1.807) is 20.8 Å². The molecule has 3 fully saturated rings. The molecule has 14 heteroatoms. The number of cyclic esters (lactones) is 1. The van der Waals surface area contributed by atoms with Gasteiger partial charge in [0.2, 0.25) is 27.7 Å². The van der Waals surface area contributed by atoms with Gasteiger partial charge in [-0.2, -0.15) is 0 Å². The zero-order valence-corrected chi connectivity index (χ0v) is 30.8. The summed E-state index contributed by atoms with van der Waals surface area (Å²) in [5.41, 5.74) is -0.0136. The summed E-state index contributed by atoms with van der Waals surface area (Å²) >= 11 is 0. The molecular weight excluding hydrogens is 675 g/mol. The third kappa shape index (κ3) is 9.49. The van der Waals surface area contributed by atoms with Crippen LogP contribution in [0.3, 0.4) is 0 Å². The van der Waals surface area contributed by atoms with Crippen molar-refractivity contribution in [2.75, 3.05) is 13.2 Å². The summed E-state index contributed by atoms with van der Waals surface area (Å²) in [5.74, 6) is -2.79. The molecule has 2 heterocycles. The molecular formula is C37H53N5O8S. The maximum absolute atomic E-state index is 14.3. The van der Waals surface area contributed by atoms with Crippen molar-refractivity contribution in [3.8, 4) is 0 Å². The van der Waals surface area contributed by atoms with Gasteiger partial charge in [0.05, 0.1) is 11.9 Å². The van der Waals surface area contributed by atoms with Crippen LogP contribution in [-0.2, 0) is 46.8 Å². The molecule has 2 bridgehead atoms. The van der Waals surface area contributed by atoms with Gasteiger partial charge in [-0.25, -0.2) is 13.2 Å². The Kier molecular flexibility index (Phi) is 11.8. The molecule has 0 radical (unpaired) electrons. The lowest BCUT2D eigenvalue weighted by Crippen LogP contribution is -2.60. The zero-order chi connectivity index (χ0) is 37.0. The van der Waals surface area contributed by atoms with E-state index in [4.69, 9.17) is 4.74 Å². The molecule has 4 N–H and O–H groups in total. The first-order valence-corrected chi connectivity index (χ1v) is 19.8. The van der Waals surface area contributed by atoms with E-state index in [0.29, 0.717) is 25.7 Å². The van der Waals surface area contributed by atoms with Crippen molar-refractivity contribution in [2.24, 2.45) is 11.3 Å². The molecule has 0 spiro atoms. The molecule has 0 unspecified atom stereocenters. The fraction of sp³-hybridized carbons (Fsp3) is 0.649. The van der Waals surface area contributed by atoms with Gasteiger partial charge in [0, 0.05) is 24.9 Å². The molecule has 13 nitrogen and oxygen atoms in total. The molecule has 1 aromatic rings.